The number of carbonyl (C=O) groups is 1. The molecule has 0 atom stereocenters. The van der Waals surface area contributed by atoms with E-state index in [1.54, 1.807) is 24.3 Å². The number of benzene rings is 1. The monoisotopic (exact) mass is 310 g/mol. The summed E-state index contributed by atoms with van der Waals surface area (Å²) >= 11 is 0. The van der Waals surface area contributed by atoms with Crippen LogP contribution in [-0.4, -0.2) is 38.3 Å². The molecule has 0 radical (unpaired) electrons. The predicted molar refractivity (Wildman–Crippen MR) is 79.9 cm³/mol. The minimum atomic E-state index is -3.49. The van der Waals surface area contributed by atoms with Gasteiger partial charge < -0.3 is 10.4 Å². The van der Waals surface area contributed by atoms with Crippen LogP contribution in [0.3, 0.4) is 0 Å². The van der Waals surface area contributed by atoms with E-state index >= 15 is 0 Å². The SMILES string of the molecule is NS(=O)(=O)CCCNC(=O)c1ccc(C#CCCO)cc1. The van der Waals surface area contributed by atoms with Crippen molar-refractivity contribution in [3.63, 3.8) is 0 Å². The minimum Gasteiger partial charge on any atom is -0.395 e. The van der Waals surface area contributed by atoms with Crippen molar-refractivity contribution < 1.29 is 18.3 Å². The Morgan fingerprint density at radius 3 is 2.52 bits per heavy atom. The van der Waals surface area contributed by atoms with Crippen molar-refractivity contribution in [2.24, 2.45) is 5.14 Å². The molecule has 0 aromatic heterocycles. The molecule has 6 nitrogen and oxygen atoms in total. The van der Waals surface area contributed by atoms with E-state index < -0.39 is 10.0 Å². The van der Waals surface area contributed by atoms with E-state index in [0.29, 0.717) is 12.0 Å². The highest BCUT2D eigenvalue weighted by Crippen LogP contribution is 2.03. The number of aliphatic hydroxyl groups excluding tert-OH is 1. The summed E-state index contributed by atoms with van der Waals surface area (Å²) in [6.07, 6.45) is 0.682. The van der Waals surface area contributed by atoms with Crippen molar-refractivity contribution in [3.05, 3.63) is 35.4 Å². The third-order valence-corrected chi connectivity index (χ3v) is 3.37. The average molecular weight is 310 g/mol. The van der Waals surface area contributed by atoms with Gasteiger partial charge in [0.05, 0.1) is 12.4 Å². The van der Waals surface area contributed by atoms with Gasteiger partial charge in [0.15, 0.2) is 0 Å². The zero-order chi connectivity index (χ0) is 15.7. The fourth-order valence-electron chi connectivity index (χ4n) is 1.50. The van der Waals surface area contributed by atoms with Gasteiger partial charge in [-0.3, -0.25) is 4.79 Å². The third kappa shape index (κ3) is 7.46. The van der Waals surface area contributed by atoms with E-state index in [1.807, 2.05) is 0 Å². The van der Waals surface area contributed by atoms with Gasteiger partial charge in [-0.05, 0) is 30.7 Å². The Labute approximate surface area is 124 Å². The molecule has 1 amide bonds. The Balaban J connectivity index is 2.47. The molecule has 0 aliphatic carbocycles. The number of nitrogens with two attached hydrogens (primary N) is 1. The van der Waals surface area contributed by atoms with Crippen LogP contribution in [0.4, 0.5) is 0 Å². The number of amides is 1. The second kappa shape index (κ2) is 8.42. The molecule has 0 fully saturated rings. The molecule has 0 unspecified atom stereocenters. The molecular formula is C14H18N2O4S. The van der Waals surface area contributed by atoms with Crippen LogP contribution in [0.5, 0.6) is 0 Å². The molecule has 0 saturated heterocycles. The Kier molecular flexibility index (Phi) is 6.88. The van der Waals surface area contributed by atoms with E-state index in [1.165, 1.54) is 0 Å². The van der Waals surface area contributed by atoms with E-state index in [4.69, 9.17) is 10.2 Å². The van der Waals surface area contributed by atoms with Gasteiger partial charge in [-0.25, -0.2) is 13.6 Å². The van der Waals surface area contributed by atoms with Gasteiger partial charge in [0.1, 0.15) is 0 Å². The summed E-state index contributed by atoms with van der Waals surface area (Å²) in [6, 6.07) is 6.70. The molecule has 1 aromatic rings. The van der Waals surface area contributed by atoms with Crippen LogP contribution in [0.25, 0.3) is 0 Å². The molecule has 0 saturated carbocycles. The predicted octanol–water partition coefficient (Wildman–Crippen LogP) is -0.171. The quantitative estimate of drug-likeness (QED) is 0.500. The van der Waals surface area contributed by atoms with Gasteiger partial charge in [0.25, 0.3) is 5.91 Å². The maximum Gasteiger partial charge on any atom is 0.251 e. The summed E-state index contributed by atoms with van der Waals surface area (Å²) in [5, 5.41) is 16.1. The second-order valence-corrected chi connectivity index (χ2v) is 6.06. The lowest BCUT2D eigenvalue weighted by Crippen LogP contribution is -2.27. The smallest absolute Gasteiger partial charge is 0.251 e. The van der Waals surface area contributed by atoms with Gasteiger partial charge >= 0.3 is 0 Å². The van der Waals surface area contributed by atoms with Crippen molar-refractivity contribution in [2.45, 2.75) is 12.8 Å². The average Bonchev–Trinajstić information content (AvgIpc) is 2.43. The first-order chi connectivity index (χ1) is 9.92. The molecule has 114 valence electrons. The van der Waals surface area contributed by atoms with E-state index in [-0.39, 0.29) is 31.2 Å². The molecule has 7 heteroatoms. The lowest BCUT2D eigenvalue weighted by atomic mass is 10.1. The molecular weight excluding hydrogens is 292 g/mol. The highest BCUT2D eigenvalue weighted by atomic mass is 32.2. The van der Waals surface area contributed by atoms with Crippen molar-refractivity contribution in [1.29, 1.82) is 0 Å². The van der Waals surface area contributed by atoms with Crippen LogP contribution in [0.15, 0.2) is 24.3 Å². The first kappa shape index (κ1) is 17.2. The van der Waals surface area contributed by atoms with Gasteiger partial charge in [0, 0.05) is 24.1 Å². The van der Waals surface area contributed by atoms with Gasteiger partial charge in [-0.2, -0.15) is 0 Å². The standard InChI is InChI=1S/C14H18N2O4S/c15-21(19,20)11-3-9-16-14(18)13-7-5-12(6-8-13)4-1-2-10-17/h5-8,17H,2-3,9-11H2,(H,16,18)(H2,15,19,20). The summed E-state index contributed by atoms with van der Waals surface area (Å²) in [7, 11) is -3.49. The summed E-state index contributed by atoms with van der Waals surface area (Å²) in [5.74, 6) is 5.21. The van der Waals surface area contributed by atoms with Crippen molar-refractivity contribution in [1.82, 2.24) is 5.32 Å². The summed E-state index contributed by atoms with van der Waals surface area (Å²) < 4.78 is 21.5. The molecule has 1 rings (SSSR count). The molecule has 0 spiro atoms. The molecule has 4 N–H and O–H groups in total. The Morgan fingerprint density at radius 1 is 1.29 bits per heavy atom. The van der Waals surface area contributed by atoms with Crippen molar-refractivity contribution in [2.75, 3.05) is 18.9 Å². The van der Waals surface area contributed by atoms with Gasteiger partial charge in [-0.1, -0.05) is 11.8 Å². The first-order valence-electron chi connectivity index (χ1n) is 6.41. The van der Waals surface area contributed by atoms with E-state index in [9.17, 15) is 13.2 Å². The van der Waals surface area contributed by atoms with Crippen LogP contribution in [0.2, 0.25) is 0 Å². The number of hydrogen-bond acceptors (Lipinski definition) is 4. The number of primary sulfonamides is 1. The molecule has 0 bridgehead atoms. The van der Waals surface area contributed by atoms with Crippen LogP contribution < -0.4 is 10.5 Å². The maximum absolute atomic E-state index is 11.8. The summed E-state index contributed by atoms with van der Waals surface area (Å²) in [6.45, 7) is 0.263. The van der Waals surface area contributed by atoms with Gasteiger partial charge in [0.2, 0.25) is 10.0 Å². The first-order valence-corrected chi connectivity index (χ1v) is 8.12. The third-order valence-electron chi connectivity index (χ3n) is 2.51. The normalized spacial score (nSPS) is 10.6. The number of hydrogen-bond donors (Lipinski definition) is 3. The number of carbonyl (C=O) groups excluding carboxylic acids is 1. The van der Waals surface area contributed by atoms with E-state index in [0.717, 1.165) is 5.56 Å². The summed E-state index contributed by atoms with van der Waals surface area (Å²) in [4.78, 5) is 11.8. The number of sulfonamides is 1. The largest absolute Gasteiger partial charge is 0.395 e. The Bertz CT molecular complexity index is 627. The lowest BCUT2D eigenvalue weighted by molar-refractivity contribution is 0.0953. The number of aliphatic hydroxyl groups is 1. The number of nitrogens with one attached hydrogen (secondary N) is 1. The molecule has 0 aliphatic heterocycles. The topological polar surface area (TPSA) is 109 Å². The van der Waals surface area contributed by atoms with Crippen molar-refractivity contribution in [3.8, 4) is 11.8 Å². The van der Waals surface area contributed by atoms with Crippen molar-refractivity contribution >= 4 is 15.9 Å². The zero-order valence-electron chi connectivity index (χ0n) is 11.5. The molecule has 0 heterocycles. The Hall–Kier alpha value is -1.88. The molecule has 21 heavy (non-hydrogen) atoms. The second-order valence-electron chi connectivity index (χ2n) is 4.33. The highest BCUT2D eigenvalue weighted by Gasteiger charge is 2.06. The maximum atomic E-state index is 11.8. The van der Waals surface area contributed by atoms with Crippen LogP contribution in [-0.2, 0) is 10.0 Å². The number of rotatable bonds is 6. The fraction of sp³-hybridized carbons (Fsp3) is 0.357. The zero-order valence-corrected chi connectivity index (χ0v) is 12.3. The van der Waals surface area contributed by atoms with E-state index in [2.05, 4.69) is 17.2 Å². The Morgan fingerprint density at radius 2 is 1.95 bits per heavy atom. The highest BCUT2D eigenvalue weighted by molar-refractivity contribution is 7.89. The summed E-state index contributed by atoms with van der Waals surface area (Å²) in [5.41, 5.74) is 1.23. The van der Waals surface area contributed by atoms with Crippen LogP contribution in [0.1, 0.15) is 28.8 Å². The minimum absolute atomic E-state index is 0.0199. The fourth-order valence-corrected chi connectivity index (χ4v) is 2.05. The molecule has 0 aliphatic rings. The lowest BCUT2D eigenvalue weighted by Gasteiger charge is -2.04. The van der Waals surface area contributed by atoms with Crippen LogP contribution in [0, 0.1) is 11.8 Å². The van der Waals surface area contributed by atoms with Gasteiger partial charge in [-0.15, -0.1) is 0 Å². The molecule has 1 aromatic carbocycles. The van der Waals surface area contributed by atoms with Crippen LogP contribution >= 0.6 is 0 Å².